The van der Waals surface area contributed by atoms with E-state index in [1.165, 1.54) is 11.8 Å². The Morgan fingerprint density at radius 2 is 1.91 bits per heavy atom. The number of nitrogens with zero attached hydrogens (tertiary/aromatic N) is 1. The monoisotopic (exact) mass is 542 g/mol. The van der Waals surface area contributed by atoms with E-state index in [-0.39, 0.29) is 5.91 Å². The van der Waals surface area contributed by atoms with Crippen LogP contribution < -0.4 is 14.8 Å². The smallest absolute Gasteiger partial charge is 0.264 e. The summed E-state index contributed by atoms with van der Waals surface area (Å²) in [7, 11) is 1.59. The van der Waals surface area contributed by atoms with E-state index in [1.54, 1.807) is 37.5 Å². The SMILES string of the molecule is COc1cc(/C=C2\SC(=Nc3ccc(Cl)cc3)NC2=O)cc(Br)c1OCc1ccccc1C. The number of thioether (sulfide) groups is 1. The van der Waals surface area contributed by atoms with Crippen LogP contribution in [0.5, 0.6) is 11.5 Å². The van der Waals surface area contributed by atoms with E-state index in [4.69, 9.17) is 21.1 Å². The molecule has 3 aromatic carbocycles. The highest BCUT2D eigenvalue weighted by Crippen LogP contribution is 2.39. The minimum atomic E-state index is -0.206. The van der Waals surface area contributed by atoms with Crippen molar-refractivity contribution in [3.8, 4) is 11.5 Å². The average Bonchev–Trinajstić information content (AvgIpc) is 3.13. The molecule has 0 unspecified atom stereocenters. The maximum atomic E-state index is 12.5. The second-order valence-electron chi connectivity index (χ2n) is 7.21. The number of methoxy groups -OCH3 is 1. The Morgan fingerprint density at radius 3 is 2.64 bits per heavy atom. The Labute approximate surface area is 210 Å². The van der Waals surface area contributed by atoms with Crippen LogP contribution in [0.3, 0.4) is 0 Å². The number of aryl methyl sites for hydroxylation is 1. The first kappa shape index (κ1) is 23.4. The first-order chi connectivity index (χ1) is 15.9. The summed E-state index contributed by atoms with van der Waals surface area (Å²) in [5, 5.41) is 3.94. The highest BCUT2D eigenvalue weighted by molar-refractivity contribution is 9.10. The largest absolute Gasteiger partial charge is 0.493 e. The molecular formula is C25H20BrClN2O3S. The molecule has 0 bridgehead atoms. The lowest BCUT2D eigenvalue weighted by Gasteiger charge is -2.14. The van der Waals surface area contributed by atoms with Gasteiger partial charge in [0.25, 0.3) is 5.91 Å². The van der Waals surface area contributed by atoms with Gasteiger partial charge in [0.1, 0.15) is 6.61 Å². The number of rotatable bonds is 6. The molecule has 1 fully saturated rings. The molecule has 4 rings (SSSR count). The summed E-state index contributed by atoms with van der Waals surface area (Å²) in [6.45, 7) is 2.47. The number of carbonyl (C=O) groups excluding carboxylic acids is 1. The van der Waals surface area contributed by atoms with Crippen LogP contribution in [0.15, 0.2) is 75.0 Å². The number of amides is 1. The Bertz CT molecular complexity index is 1260. The lowest BCUT2D eigenvalue weighted by molar-refractivity contribution is -0.115. The molecule has 5 nitrogen and oxygen atoms in total. The van der Waals surface area contributed by atoms with Crippen LogP contribution in [0.2, 0.25) is 5.02 Å². The number of halogens is 2. The highest BCUT2D eigenvalue weighted by atomic mass is 79.9. The molecule has 1 N–H and O–H groups in total. The fourth-order valence-electron chi connectivity index (χ4n) is 3.15. The third kappa shape index (κ3) is 5.79. The lowest BCUT2D eigenvalue weighted by Crippen LogP contribution is -2.19. The van der Waals surface area contributed by atoms with E-state index in [1.807, 2.05) is 30.3 Å². The maximum absolute atomic E-state index is 12.5. The lowest BCUT2D eigenvalue weighted by atomic mass is 10.1. The zero-order valence-corrected chi connectivity index (χ0v) is 21.1. The predicted octanol–water partition coefficient (Wildman–Crippen LogP) is 6.89. The van der Waals surface area contributed by atoms with E-state index in [2.05, 4.69) is 39.2 Å². The van der Waals surface area contributed by atoms with E-state index in [0.29, 0.717) is 38.9 Å². The van der Waals surface area contributed by atoms with Gasteiger partial charge < -0.3 is 14.8 Å². The van der Waals surface area contributed by atoms with Crippen molar-refractivity contribution < 1.29 is 14.3 Å². The van der Waals surface area contributed by atoms with Crippen molar-refractivity contribution in [2.75, 3.05) is 7.11 Å². The number of ether oxygens (including phenoxy) is 2. The van der Waals surface area contributed by atoms with E-state index < -0.39 is 0 Å². The van der Waals surface area contributed by atoms with Gasteiger partial charge in [-0.25, -0.2) is 4.99 Å². The van der Waals surface area contributed by atoms with Gasteiger partial charge in [-0.3, -0.25) is 4.79 Å². The number of aliphatic imine (C=N–C) groups is 1. The van der Waals surface area contributed by atoms with E-state index >= 15 is 0 Å². The fraction of sp³-hybridized carbons (Fsp3) is 0.120. The number of nitrogens with one attached hydrogen (secondary N) is 1. The van der Waals surface area contributed by atoms with Crippen molar-refractivity contribution in [1.29, 1.82) is 0 Å². The van der Waals surface area contributed by atoms with Crippen molar-refractivity contribution in [2.24, 2.45) is 4.99 Å². The van der Waals surface area contributed by atoms with Gasteiger partial charge in [-0.05, 0) is 93.8 Å². The standard InChI is InChI=1S/C25H20BrClN2O3S/c1-15-5-3-4-6-17(15)14-32-23-20(26)11-16(12-21(23)31-2)13-22-24(30)29-25(33-22)28-19-9-7-18(27)8-10-19/h3-13H,14H2,1-2H3,(H,28,29,30)/b22-13-. The fourth-order valence-corrected chi connectivity index (χ4v) is 4.69. The molecule has 0 spiro atoms. The average molecular weight is 544 g/mol. The van der Waals surface area contributed by atoms with Crippen molar-refractivity contribution >= 4 is 62.1 Å². The minimum Gasteiger partial charge on any atom is -0.493 e. The van der Waals surface area contributed by atoms with Crippen molar-refractivity contribution in [3.63, 3.8) is 0 Å². The van der Waals surface area contributed by atoms with Gasteiger partial charge in [-0.1, -0.05) is 35.9 Å². The van der Waals surface area contributed by atoms with Gasteiger partial charge in [0, 0.05) is 5.02 Å². The van der Waals surface area contributed by atoms with Gasteiger partial charge in [-0.2, -0.15) is 0 Å². The molecule has 0 radical (unpaired) electrons. The molecule has 168 valence electrons. The molecule has 8 heteroatoms. The minimum absolute atomic E-state index is 0.206. The summed E-state index contributed by atoms with van der Waals surface area (Å²) in [4.78, 5) is 17.5. The normalized spacial score (nSPS) is 15.7. The number of amidine groups is 1. The number of benzene rings is 3. The van der Waals surface area contributed by atoms with Crippen LogP contribution in [0.25, 0.3) is 6.08 Å². The van der Waals surface area contributed by atoms with E-state index in [9.17, 15) is 4.79 Å². The number of hydrogen-bond donors (Lipinski definition) is 1. The Kier molecular flexibility index (Phi) is 7.42. The van der Waals surface area contributed by atoms with Crippen LogP contribution in [-0.4, -0.2) is 18.2 Å². The maximum Gasteiger partial charge on any atom is 0.264 e. The molecule has 1 aliphatic heterocycles. The van der Waals surface area contributed by atoms with Gasteiger partial charge >= 0.3 is 0 Å². The summed E-state index contributed by atoms with van der Waals surface area (Å²) < 4.78 is 12.4. The molecule has 33 heavy (non-hydrogen) atoms. The second kappa shape index (κ2) is 10.5. The topological polar surface area (TPSA) is 59.9 Å². The zero-order chi connectivity index (χ0) is 23.4. The molecule has 1 saturated heterocycles. The van der Waals surface area contributed by atoms with Gasteiger partial charge in [0.2, 0.25) is 0 Å². The summed E-state index contributed by atoms with van der Waals surface area (Å²) in [5.41, 5.74) is 3.77. The zero-order valence-electron chi connectivity index (χ0n) is 17.9. The van der Waals surface area contributed by atoms with Crippen molar-refractivity contribution in [2.45, 2.75) is 13.5 Å². The van der Waals surface area contributed by atoms with Gasteiger partial charge in [0.15, 0.2) is 16.7 Å². The Morgan fingerprint density at radius 1 is 1.15 bits per heavy atom. The van der Waals surface area contributed by atoms with Crippen LogP contribution >= 0.6 is 39.3 Å². The molecule has 0 atom stereocenters. The molecule has 1 heterocycles. The predicted molar refractivity (Wildman–Crippen MR) is 138 cm³/mol. The first-order valence-electron chi connectivity index (χ1n) is 10.0. The quantitative estimate of drug-likeness (QED) is 0.344. The van der Waals surface area contributed by atoms with Gasteiger partial charge in [-0.15, -0.1) is 0 Å². The van der Waals surface area contributed by atoms with Crippen LogP contribution in [0, 0.1) is 6.92 Å². The summed E-state index contributed by atoms with van der Waals surface area (Å²) in [6.07, 6.45) is 1.79. The molecule has 0 aromatic heterocycles. The van der Waals surface area contributed by atoms with Crippen LogP contribution in [-0.2, 0) is 11.4 Å². The molecular weight excluding hydrogens is 524 g/mol. The first-order valence-corrected chi connectivity index (χ1v) is 12.0. The Hall–Kier alpha value is -2.74. The van der Waals surface area contributed by atoms with E-state index in [0.717, 1.165) is 21.2 Å². The van der Waals surface area contributed by atoms with Crippen LogP contribution in [0.1, 0.15) is 16.7 Å². The van der Waals surface area contributed by atoms with Crippen molar-refractivity contribution in [3.05, 3.63) is 91.8 Å². The van der Waals surface area contributed by atoms with Gasteiger partial charge in [0.05, 0.1) is 22.2 Å². The number of carbonyl (C=O) groups is 1. The summed E-state index contributed by atoms with van der Waals surface area (Å²) in [6, 6.07) is 18.9. The Balaban J connectivity index is 1.54. The third-order valence-corrected chi connectivity index (χ3v) is 6.64. The highest BCUT2D eigenvalue weighted by Gasteiger charge is 2.24. The molecule has 0 saturated carbocycles. The van der Waals surface area contributed by atoms with Crippen molar-refractivity contribution in [1.82, 2.24) is 5.32 Å². The third-order valence-electron chi connectivity index (χ3n) is 4.89. The summed E-state index contributed by atoms with van der Waals surface area (Å²) >= 11 is 10.8. The molecule has 3 aromatic rings. The second-order valence-corrected chi connectivity index (χ2v) is 9.53. The number of hydrogen-bond acceptors (Lipinski definition) is 5. The molecule has 1 aliphatic rings. The molecule has 0 aliphatic carbocycles. The molecule has 1 amide bonds. The summed E-state index contributed by atoms with van der Waals surface area (Å²) in [5.74, 6) is 0.974. The van der Waals surface area contributed by atoms with Crippen LogP contribution in [0.4, 0.5) is 5.69 Å².